The number of carboxylic acids is 1. The van der Waals surface area contributed by atoms with E-state index >= 15 is 0 Å². The first-order valence-electron chi connectivity index (χ1n) is 12.3. The van der Waals surface area contributed by atoms with Gasteiger partial charge in [0.2, 0.25) is 0 Å². The zero-order valence-corrected chi connectivity index (χ0v) is 21.2. The van der Waals surface area contributed by atoms with E-state index < -0.39 is 11.9 Å². The Hall–Kier alpha value is -3.35. The third kappa shape index (κ3) is 8.74. The molecule has 1 aromatic rings. The molecule has 0 fully saturated rings. The molecule has 7 nitrogen and oxygen atoms in total. The summed E-state index contributed by atoms with van der Waals surface area (Å²) in [6.45, 7) is 9.07. The van der Waals surface area contributed by atoms with Gasteiger partial charge in [0.1, 0.15) is 5.75 Å². The number of esters is 2. The molecular formula is C28H37NO6. The van der Waals surface area contributed by atoms with Crippen molar-refractivity contribution in [2.24, 2.45) is 5.92 Å². The van der Waals surface area contributed by atoms with Crippen molar-refractivity contribution in [1.29, 1.82) is 0 Å². The lowest BCUT2D eigenvalue weighted by molar-refractivity contribution is -0.148. The maximum absolute atomic E-state index is 12.2. The molecule has 0 bridgehead atoms. The van der Waals surface area contributed by atoms with Gasteiger partial charge in [0.05, 0.1) is 25.4 Å². The standard InChI is InChI=1S/C28H37NO6/c1-5-20(4)28(33)34-18-16-25-24(7-3)22(6-2)9-8-17-29(25)19-21-10-12-23(13-11-21)35-27(32)15-14-26(30)31/h8-13,17,20H,5-7,14-16,18-19H2,1-4H3,(H,30,31). The second kappa shape index (κ2) is 14.1. The second-order valence-corrected chi connectivity index (χ2v) is 8.53. The van der Waals surface area contributed by atoms with Crippen LogP contribution in [0.3, 0.4) is 0 Å². The number of carboxylic acid groups (broad SMARTS) is 1. The van der Waals surface area contributed by atoms with Gasteiger partial charge in [-0.05, 0) is 54.2 Å². The number of hydrogen-bond acceptors (Lipinski definition) is 6. The Morgan fingerprint density at radius 1 is 1.03 bits per heavy atom. The van der Waals surface area contributed by atoms with E-state index in [-0.39, 0.29) is 24.7 Å². The van der Waals surface area contributed by atoms with Gasteiger partial charge < -0.3 is 19.5 Å². The van der Waals surface area contributed by atoms with E-state index in [9.17, 15) is 14.4 Å². The Labute approximate surface area is 208 Å². The Bertz CT molecular complexity index is 974. The van der Waals surface area contributed by atoms with Crippen molar-refractivity contribution < 1.29 is 29.0 Å². The van der Waals surface area contributed by atoms with Gasteiger partial charge in [-0.2, -0.15) is 0 Å². The average molecular weight is 484 g/mol. The molecule has 0 aromatic heterocycles. The Balaban J connectivity index is 2.14. The number of rotatable bonds is 13. The first kappa shape index (κ1) is 27.9. The number of carbonyl (C=O) groups excluding carboxylic acids is 2. The maximum Gasteiger partial charge on any atom is 0.311 e. The number of allylic oxidation sites excluding steroid dienone is 4. The lowest BCUT2D eigenvalue weighted by Crippen LogP contribution is -2.21. The van der Waals surface area contributed by atoms with Crippen LogP contribution in [0.4, 0.5) is 0 Å². The second-order valence-electron chi connectivity index (χ2n) is 8.53. The van der Waals surface area contributed by atoms with Crippen molar-refractivity contribution in [2.45, 2.75) is 72.8 Å². The first-order chi connectivity index (χ1) is 16.8. The number of benzene rings is 1. The van der Waals surface area contributed by atoms with Gasteiger partial charge >= 0.3 is 17.9 Å². The van der Waals surface area contributed by atoms with E-state index in [4.69, 9.17) is 14.6 Å². The fourth-order valence-corrected chi connectivity index (χ4v) is 3.83. The number of nitrogens with zero attached hydrogens (tertiary/aromatic N) is 1. The summed E-state index contributed by atoms with van der Waals surface area (Å²) in [5.74, 6) is -1.50. The number of hydrogen-bond donors (Lipinski definition) is 1. The van der Waals surface area contributed by atoms with E-state index in [1.807, 2.05) is 38.3 Å². The van der Waals surface area contributed by atoms with Crippen molar-refractivity contribution >= 4 is 17.9 Å². The largest absolute Gasteiger partial charge is 0.481 e. The van der Waals surface area contributed by atoms with Crippen LogP contribution in [-0.4, -0.2) is 34.5 Å². The maximum atomic E-state index is 12.2. The van der Waals surface area contributed by atoms with E-state index in [0.29, 0.717) is 25.3 Å². The lowest BCUT2D eigenvalue weighted by Gasteiger charge is -2.27. The van der Waals surface area contributed by atoms with Gasteiger partial charge in [-0.3, -0.25) is 14.4 Å². The first-order valence-corrected chi connectivity index (χ1v) is 12.3. The topological polar surface area (TPSA) is 93.1 Å². The van der Waals surface area contributed by atoms with Crippen LogP contribution in [0.25, 0.3) is 0 Å². The van der Waals surface area contributed by atoms with E-state index in [1.165, 1.54) is 11.1 Å². The van der Waals surface area contributed by atoms with E-state index in [1.54, 1.807) is 12.1 Å². The predicted molar refractivity (Wildman–Crippen MR) is 134 cm³/mol. The molecule has 7 heteroatoms. The van der Waals surface area contributed by atoms with Crippen molar-refractivity contribution in [2.75, 3.05) is 6.61 Å². The monoisotopic (exact) mass is 483 g/mol. The van der Waals surface area contributed by atoms with Gasteiger partial charge in [-0.1, -0.05) is 45.9 Å². The van der Waals surface area contributed by atoms with Crippen LogP contribution in [0, 0.1) is 5.92 Å². The number of carbonyl (C=O) groups is 3. The third-order valence-electron chi connectivity index (χ3n) is 6.03. The van der Waals surface area contributed by atoms with Crippen LogP contribution in [0.5, 0.6) is 5.75 Å². The molecule has 1 atom stereocenters. The van der Waals surface area contributed by atoms with Gasteiger partial charge in [0.25, 0.3) is 0 Å². The van der Waals surface area contributed by atoms with Crippen molar-refractivity contribution in [1.82, 2.24) is 4.90 Å². The SMILES string of the molecule is CCC1=CC=CN(Cc2ccc(OC(=O)CCC(=O)O)cc2)C(CCOC(=O)C(C)CC)=C1CC. The minimum absolute atomic E-state index is 0.109. The quantitative estimate of drug-likeness (QED) is 0.281. The minimum atomic E-state index is -1.03. The van der Waals surface area contributed by atoms with Gasteiger partial charge in [0, 0.05) is 24.9 Å². The zero-order valence-electron chi connectivity index (χ0n) is 21.2. The summed E-state index contributed by atoms with van der Waals surface area (Å²) >= 11 is 0. The molecule has 1 aliphatic rings. The van der Waals surface area contributed by atoms with E-state index in [2.05, 4.69) is 24.8 Å². The molecule has 1 N–H and O–H groups in total. The summed E-state index contributed by atoms with van der Waals surface area (Å²) in [5, 5.41) is 8.70. The van der Waals surface area contributed by atoms with Crippen LogP contribution in [0.15, 0.2) is 59.5 Å². The summed E-state index contributed by atoms with van der Waals surface area (Å²) in [6.07, 6.45) is 8.97. The molecule has 1 heterocycles. The highest BCUT2D eigenvalue weighted by Crippen LogP contribution is 2.30. The highest BCUT2D eigenvalue weighted by Gasteiger charge is 2.19. The molecule has 190 valence electrons. The normalized spacial score (nSPS) is 14.3. The Morgan fingerprint density at radius 2 is 1.74 bits per heavy atom. The number of ether oxygens (including phenoxy) is 2. The molecule has 0 radical (unpaired) electrons. The zero-order chi connectivity index (χ0) is 25.8. The molecule has 1 aromatic carbocycles. The third-order valence-corrected chi connectivity index (χ3v) is 6.03. The smallest absolute Gasteiger partial charge is 0.311 e. The Kier molecular flexibility index (Phi) is 11.3. The van der Waals surface area contributed by atoms with Crippen molar-refractivity contribution in [3.8, 4) is 5.75 Å². The van der Waals surface area contributed by atoms with Gasteiger partial charge in [-0.25, -0.2) is 0 Å². The number of aliphatic carboxylic acids is 1. The highest BCUT2D eigenvalue weighted by molar-refractivity contribution is 5.78. The average Bonchev–Trinajstić information content (AvgIpc) is 3.01. The molecular weight excluding hydrogens is 446 g/mol. The van der Waals surface area contributed by atoms with Crippen LogP contribution < -0.4 is 4.74 Å². The molecule has 35 heavy (non-hydrogen) atoms. The Morgan fingerprint density at radius 3 is 2.34 bits per heavy atom. The van der Waals surface area contributed by atoms with E-state index in [0.717, 1.165) is 30.5 Å². The summed E-state index contributed by atoms with van der Waals surface area (Å²) < 4.78 is 10.8. The molecule has 1 aliphatic heterocycles. The predicted octanol–water partition coefficient (Wildman–Crippen LogP) is 5.77. The molecule has 0 saturated carbocycles. The van der Waals surface area contributed by atoms with Crippen LogP contribution in [0.1, 0.15) is 71.8 Å². The molecule has 0 amide bonds. The summed E-state index contributed by atoms with van der Waals surface area (Å²) in [4.78, 5) is 36.8. The van der Waals surface area contributed by atoms with Crippen LogP contribution >= 0.6 is 0 Å². The molecule has 0 aliphatic carbocycles. The molecule has 0 spiro atoms. The fraction of sp³-hybridized carbons (Fsp3) is 0.464. The van der Waals surface area contributed by atoms with Gasteiger partial charge in [0.15, 0.2) is 0 Å². The van der Waals surface area contributed by atoms with Crippen LogP contribution in [0.2, 0.25) is 0 Å². The molecule has 2 rings (SSSR count). The summed E-state index contributed by atoms with van der Waals surface area (Å²) in [6, 6.07) is 7.20. The molecule has 0 saturated heterocycles. The molecule has 1 unspecified atom stereocenters. The highest BCUT2D eigenvalue weighted by atomic mass is 16.5. The summed E-state index contributed by atoms with van der Waals surface area (Å²) in [7, 11) is 0. The van der Waals surface area contributed by atoms with Crippen LogP contribution in [-0.2, 0) is 25.7 Å². The fourth-order valence-electron chi connectivity index (χ4n) is 3.83. The summed E-state index contributed by atoms with van der Waals surface area (Å²) in [5.41, 5.74) is 4.69. The minimum Gasteiger partial charge on any atom is -0.481 e. The van der Waals surface area contributed by atoms with Crippen molar-refractivity contribution in [3.05, 3.63) is 65.0 Å². The van der Waals surface area contributed by atoms with Crippen molar-refractivity contribution in [3.63, 3.8) is 0 Å². The lowest BCUT2D eigenvalue weighted by atomic mass is 9.97. The van der Waals surface area contributed by atoms with Gasteiger partial charge in [-0.15, -0.1) is 0 Å².